The fourth-order valence-electron chi connectivity index (χ4n) is 3.44. The molecule has 1 heterocycles. The number of aromatic nitrogens is 3. The molecule has 0 atom stereocenters. The van der Waals surface area contributed by atoms with Crippen molar-refractivity contribution in [3.63, 3.8) is 0 Å². The van der Waals surface area contributed by atoms with E-state index in [0.717, 1.165) is 46.7 Å². The summed E-state index contributed by atoms with van der Waals surface area (Å²) in [4.78, 5) is 0. The van der Waals surface area contributed by atoms with Crippen molar-refractivity contribution in [2.24, 2.45) is 0 Å². The van der Waals surface area contributed by atoms with Gasteiger partial charge in [0, 0.05) is 10.9 Å². The highest BCUT2D eigenvalue weighted by atomic mass is 16.3. The Hall–Kier alpha value is -3.14. The van der Waals surface area contributed by atoms with Crippen molar-refractivity contribution in [3.8, 4) is 22.8 Å². The molecule has 0 fully saturated rings. The zero-order valence-corrected chi connectivity index (χ0v) is 15.0. The van der Waals surface area contributed by atoms with Crippen LogP contribution in [0.3, 0.4) is 0 Å². The highest BCUT2D eigenvalue weighted by Crippen LogP contribution is 2.30. The highest BCUT2D eigenvalue weighted by Gasteiger charge is 2.16. The van der Waals surface area contributed by atoms with Crippen LogP contribution in [0.2, 0.25) is 0 Å². The van der Waals surface area contributed by atoms with Gasteiger partial charge >= 0.3 is 0 Å². The van der Waals surface area contributed by atoms with E-state index in [1.807, 2.05) is 31.2 Å². The third kappa shape index (κ3) is 2.73. The molecule has 0 unspecified atom stereocenters. The number of rotatable bonds is 4. The van der Waals surface area contributed by atoms with Crippen molar-refractivity contribution >= 4 is 10.8 Å². The number of hydrogen-bond donors (Lipinski definition) is 1. The minimum atomic E-state index is 0.337. The summed E-state index contributed by atoms with van der Waals surface area (Å²) in [6, 6.07) is 20.2. The van der Waals surface area contributed by atoms with E-state index in [0.29, 0.717) is 5.75 Å². The number of aromatic hydroxyl groups is 1. The average Bonchev–Trinajstić information content (AvgIpc) is 3.04. The minimum absolute atomic E-state index is 0.337. The molecule has 130 valence electrons. The molecule has 4 rings (SSSR count). The van der Waals surface area contributed by atoms with Crippen LogP contribution in [0.5, 0.6) is 5.75 Å². The van der Waals surface area contributed by atoms with Gasteiger partial charge in [0.1, 0.15) is 11.6 Å². The molecule has 4 heteroatoms. The van der Waals surface area contributed by atoms with Crippen LogP contribution in [0.4, 0.5) is 0 Å². The van der Waals surface area contributed by atoms with Crippen LogP contribution in [0.15, 0.2) is 60.7 Å². The van der Waals surface area contributed by atoms with Crippen LogP contribution in [-0.2, 0) is 6.42 Å². The average molecular weight is 343 g/mol. The molecule has 0 spiro atoms. The first-order valence-electron chi connectivity index (χ1n) is 8.91. The molecule has 3 aromatic carbocycles. The summed E-state index contributed by atoms with van der Waals surface area (Å²) in [5.74, 6) is 1.96. The summed E-state index contributed by atoms with van der Waals surface area (Å²) >= 11 is 0. The van der Waals surface area contributed by atoms with Crippen LogP contribution in [0.25, 0.3) is 27.8 Å². The Kier molecular flexibility index (Phi) is 4.17. The van der Waals surface area contributed by atoms with Gasteiger partial charge in [0.25, 0.3) is 0 Å². The summed E-state index contributed by atoms with van der Waals surface area (Å²) in [6.45, 7) is 4.07. The number of hydrogen-bond acceptors (Lipinski definition) is 3. The lowest BCUT2D eigenvalue weighted by Gasteiger charge is -2.13. The minimum Gasteiger partial charge on any atom is -0.508 e. The number of phenols is 1. The van der Waals surface area contributed by atoms with Gasteiger partial charge in [0.2, 0.25) is 0 Å². The maximum Gasteiger partial charge on any atom is 0.168 e. The van der Waals surface area contributed by atoms with E-state index in [1.165, 1.54) is 5.39 Å². The van der Waals surface area contributed by atoms with Crippen LogP contribution < -0.4 is 0 Å². The molecule has 26 heavy (non-hydrogen) atoms. The maximum absolute atomic E-state index is 10.1. The second kappa shape index (κ2) is 6.64. The normalized spacial score (nSPS) is 11.2. The van der Waals surface area contributed by atoms with Crippen LogP contribution in [0, 0.1) is 6.92 Å². The van der Waals surface area contributed by atoms with Crippen molar-refractivity contribution in [1.29, 1.82) is 0 Å². The maximum atomic E-state index is 10.1. The van der Waals surface area contributed by atoms with Gasteiger partial charge in [-0.15, -0.1) is 10.2 Å². The Morgan fingerprint density at radius 1 is 0.962 bits per heavy atom. The van der Waals surface area contributed by atoms with Gasteiger partial charge in [-0.3, -0.25) is 4.57 Å². The first kappa shape index (κ1) is 16.3. The SMILES string of the molecule is CCCc1cc(-c2nnc(C)n2-c2cccc3ccccc23)ccc1O. The Morgan fingerprint density at radius 2 is 1.77 bits per heavy atom. The van der Waals surface area contributed by atoms with E-state index in [1.54, 1.807) is 6.07 Å². The number of benzene rings is 3. The first-order valence-corrected chi connectivity index (χ1v) is 8.91. The van der Waals surface area contributed by atoms with Gasteiger partial charge < -0.3 is 5.11 Å². The first-order chi connectivity index (χ1) is 12.7. The van der Waals surface area contributed by atoms with Crippen molar-refractivity contribution in [2.45, 2.75) is 26.7 Å². The van der Waals surface area contributed by atoms with Crippen LogP contribution in [0.1, 0.15) is 24.7 Å². The second-order valence-corrected chi connectivity index (χ2v) is 6.50. The standard InChI is InChI=1S/C22H21N3O/c1-3-7-17-14-18(12-13-21(17)26)22-24-23-15(2)25(22)20-11-6-9-16-8-4-5-10-19(16)20/h4-6,8-14,26H,3,7H2,1-2H3. The van der Waals surface area contributed by atoms with E-state index in [2.05, 4.69) is 52.0 Å². The quantitative estimate of drug-likeness (QED) is 0.564. The van der Waals surface area contributed by atoms with E-state index >= 15 is 0 Å². The predicted molar refractivity (Wildman–Crippen MR) is 105 cm³/mol. The summed E-state index contributed by atoms with van der Waals surface area (Å²) in [6.07, 6.45) is 1.81. The van der Waals surface area contributed by atoms with Gasteiger partial charge in [0.05, 0.1) is 5.69 Å². The molecular formula is C22H21N3O. The molecule has 0 aliphatic heterocycles. The van der Waals surface area contributed by atoms with E-state index in [-0.39, 0.29) is 0 Å². The molecule has 0 amide bonds. The zero-order chi connectivity index (χ0) is 18.1. The number of nitrogens with zero attached hydrogens (tertiary/aromatic N) is 3. The topological polar surface area (TPSA) is 50.9 Å². The largest absolute Gasteiger partial charge is 0.508 e. The molecule has 0 aliphatic rings. The van der Waals surface area contributed by atoms with Crippen molar-refractivity contribution in [2.75, 3.05) is 0 Å². The Morgan fingerprint density at radius 3 is 2.62 bits per heavy atom. The zero-order valence-electron chi connectivity index (χ0n) is 15.0. The Balaban J connectivity index is 1.93. The summed E-state index contributed by atoms with van der Waals surface area (Å²) in [5, 5.41) is 21.2. The third-order valence-corrected chi connectivity index (χ3v) is 4.69. The summed E-state index contributed by atoms with van der Waals surface area (Å²) in [5.41, 5.74) is 2.96. The van der Waals surface area contributed by atoms with Crippen molar-refractivity contribution < 1.29 is 5.11 Å². The lowest BCUT2D eigenvalue weighted by Crippen LogP contribution is -2.01. The van der Waals surface area contributed by atoms with Crippen LogP contribution >= 0.6 is 0 Å². The monoisotopic (exact) mass is 343 g/mol. The van der Waals surface area contributed by atoms with E-state index in [9.17, 15) is 5.11 Å². The lowest BCUT2D eigenvalue weighted by molar-refractivity contribution is 0.467. The predicted octanol–water partition coefficient (Wildman–Crippen LogP) is 5.05. The smallest absolute Gasteiger partial charge is 0.168 e. The third-order valence-electron chi connectivity index (χ3n) is 4.69. The molecule has 4 nitrogen and oxygen atoms in total. The molecule has 1 N–H and O–H groups in total. The summed E-state index contributed by atoms with van der Waals surface area (Å²) < 4.78 is 2.09. The van der Waals surface area contributed by atoms with Gasteiger partial charge in [-0.25, -0.2) is 0 Å². The van der Waals surface area contributed by atoms with E-state index < -0.39 is 0 Å². The van der Waals surface area contributed by atoms with E-state index in [4.69, 9.17) is 0 Å². The number of aryl methyl sites for hydroxylation is 2. The molecule has 0 saturated carbocycles. The molecule has 0 aliphatic carbocycles. The molecule has 4 aromatic rings. The lowest BCUT2D eigenvalue weighted by atomic mass is 10.0. The molecule has 1 aromatic heterocycles. The van der Waals surface area contributed by atoms with Gasteiger partial charge in [-0.05, 0) is 48.6 Å². The van der Waals surface area contributed by atoms with Gasteiger partial charge in [-0.1, -0.05) is 49.7 Å². The number of phenolic OH excluding ortho intramolecular Hbond substituents is 1. The highest BCUT2D eigenvalue weighted by molar-refractivity contribution is 5.90. The fraction of sp³-hybridized carbons (Fsp3) is 0.182. The molecule has 0 bridgehead atoms. The van der Waals surface area contributed by atoms with Crippen molar-refractivity contribution in [1.82, 2.24) is 14.8 Å². The Labute approximate surface area is 152 Å². The second-order valence-electron chi connectivity index (χ2n) is 6.50. The summed E-state index contributed by atoms with van der Waals surface area (Å²) in [7, 11) is 0. The molecule has 0 saturated heterocycles. The molecule has 0 radical (unpaired) electrons. The Bertz CT molecular complexity index is 1080. The fourth-order valence-corrected chi connectivity index (χ4v) is 3.44. The molecular weight excluding hydrogens is 322 g/mol. The van der Waals surface area contributed by atoms with Crippen molar-refractivity contribution in [3.05, 3.63) is 72.1 Å². The van der Waals surface area contributed by atoms with Gasteiger partial charge in [0.15, 0.2) is 5.82 Å². The number of fused-ring (bicyclic) bond motifs is 1. The van der Waals surface area contributed by atoms with Crippen LogP contribution in [-0.4, -0.2) is 19.9 Å². The van der Waals surface area contributed by atoms with Gasteiger partial charge in [-0.2, -0.15) is 0 Å².